The summed E-state index contributed by atoms with van der Waals surface area (Å²) < 4.78 is 0. The lowest BCUT2D eigenvalue weighted by molar-refractivity contribution is -0.128. The molecule has 0 saturated heterocycles. The maximum Gasteiger partial charge on any atom is 0.279 e. The van der Waals surface area contributed by atoms with Crippen molar-refractivity contribution < 1.29 is 14.4 Å². The van der Waals surface area contributed by atoms with Crippen LogP contribution in [0.15, 0.2) is 36.5 Å². The van der Waals surface area contributed by atoms with Crippen LogP contribution in [0.1, 0.15) is 59.8 Å². The van der Waals surface area contributed by atoms with Gasteiger partial charge in [-0.3, -0.25) is 25.2 Å². The number of benzene rings is 1. The van der Waals surface area contributed by atoms with Gasteiger partial charge in [0.25, 0.3) is 11.8 Å². The molecule has 0 spiro atoms. The first-order valence-corrected chi connectivity index (χ1v) is 12.5. The van der Waals surface area contributed by atoms with Crippen molar-refractivity contribution in [1.29, 1.82) is 0 Å². The molecule has 2 aromatic heterocycles. The number of hydrazine groups is 1. The lowest BCUT2D eigenvalue weighted by Crippen LogP contribution is -2.52. The first-order valence-electron chi connectivity index (χ1n) is 11.7. The normalized spacial score (nSPS) is 16.5. The third-order valence-corrected chi connectivity index (χ3v) is 7.86. The third-order valence-electron chi connectivity index (χ3n) is 6.62. The summed E-state index contributed by atoms with van der Waals surface area (Å²) in [6, 6.07) is 8.92. The van der Waals surface area contributed by atoms with E-state index in [4.69, 9.17) is 0 Å². The zero-order chi connectivity index (χ0) is 24.5. The quantitative estimate of drug-likeness (QED) is 0.417. The predicted molar refractivity (Wildman–Crippen MR) is 135 cm³/mol. The first-order chi connectivity index (χ1) is 16.1. The molecule has 1 aliphatic rings. The first kappa shape index (κ1) is 24.0. The highest BCUT2D eigenvalue weighted by Crippen LogP contribution is 2.40. The highest BCUT2D eigenvalue weighted by atomic mass is 32.1. The number of aromatic amines is 1. The van der Waals surface area contributed by atoms with Crippen LogP contribution < -0.4 is 16.2 Å². The van der Waals surface area contributed by atoms with Crippen LogP contribution in [0.3, 0.4) is 0 Å². The van der Waals surface area contributed by atoms with Crippen molar-refractivity contribution in [3.63, 3.8) is 0 Å². The Labute approximate surface area is 203 Å². The summed E-state index contributed by atoms with van der Waals surface area (Å²) in [5.41, 5.74) is 8.38. The van der Waals surface area contributed by atoms with Crippen LogP contribution in [0.25, 0.3) is 10.9 Å². The Morgan fingerprint density at radius 2 is 1.94 bits per heavy atom. The van der Waals surface area contributed by atoms with Crippen molar-refractivity contribution in [2.45, 2.75) is 59.4 Å². The fraction of sp³-hybridized carbons (Fsp3) is 0.423. The lowest BCUT2D eigenvalue weighted by Gasteiger charge is -2.33. The van der Waals surface area contributed by atoms with Gasteiger partial charge in [-0.25, -0.2) is 0 Å². The average Bonchev–Trinajstić information content (AvgIpc) is 3.39. The Bertz CT molecular complexity index is 1220. The maximum atomic E-state index is 12.9. The summed E-state index contributed by atoms with van der Waals surface area (Å²) in [5.74, 6) is -0.532. The van der Waals surface area contributed by atoms with E-state index in [0.717, 1.165) is 35.7 Å². The molecule has 0 bridgehead atoms. The van der Waals surface area contributed by atoms with Gasteiger partial charge in [-0.05, 0) is 53.9 Å². The molecule has 2 heterocycles. The fourth-order valence-electron chi connectivity index (χ4n) is 4.62. The van der Waals surface area contributed by atoms with Crippen molar-refractivity contribution in [3.05, 3.63) is 57.4 Å². The van der Waals surface area contributed by atoms with Gasteiger partial charge >= 0.3 is 0 Å². The Morgan fingerprint density at radius 3 is 2.68 bits per heavy atom. The summed E-state index contributed by atoms with van der Waals surface area (Å²) in [6.07, 6.45) is 5.22. The second-order valence-electron chi connectivity index (χ2n) is 10.1. The van der Waals surface area contributed by atoms with Gasteiger partial charge in [-0.15, -0.1) is 11.3 Å². The molecule has 1 aliphatic carbocycles. The SMILES string of the molecule is CC(=O)NC(Cc1c[nH]c2ccccc12)C(=O)NNC(=O)c1cc2c(s1)CCC(C(C)(C)C)C2. The molecule has 180 valence electrons. The minimum Gasteiger partial charge on any atom is -0.361 e. The molecule has 1 aromatic carbocycles. The van der Waals surface area contributed by atoms with Crippen LogP contribution in [0.4, 0.5) is 0 Å². The zero-order valence-corrected chi connectivity index (χ0v) is 20.9. The molecule has 0 saturated carbocycles. The van der Waals surface area contributed by atoms with Crippen LogP contribution in [-0.2, 0) is 28.9 Å². The Kier molecular flexibility index (Phi) is 6.79. The maximum absolute atomic E-state index is 12.9. The number of rotatable bonds is 5. The third kappa shape index (κ3) is 5.33. The van der Waals surface area contributed by atoms with Crippen molar-refractivity contribution in [1.82, 2.24) is 21.2 Å². The van der Waals surface area contributed by atoms with E-state index >= 15 is 0 Å². The Morgan fingerprint density at radius 1 is 1.18 bits per heavy atom. The number of aromatic nitrogens is 1. The van der Waals surface area contributed by atoms with Crippen LogP contribution in [-0.4, -0.2) is 28.7 Å². The summed E-state index contributed by atoms with van der Waals surface area (Å²) in [6.45, 7) is 8.16. The van der Waals surface area contributed by atoms with E-state index in [0.29, 0.717) is 17.2 Å². The summed E-state index contributed by atoms with van der Waals surface area (Å²) >= 11 is 1.49. The Hall–Kier alpha value is -3.13. The highest BCUT2D eigenvalue weighted by molar-refractivity contribution is 7.14. The van der Waals surface area contributed by atoms with Gasteiger partial charge in [-0.2, -0.15) is 0 Å². The largest absolute Gasteiger partial charge is 0.361 e. The van der Waals surface area contributed by atoms with Crippen molar-refractivity contribution in [2.75, 3.05) is 0 Å². The number of carbonyl (C=O) groups excluding carboxylic acids is 3. The van der Waals surface area contributed by atoms with Gasteiger partial charge in [0.15, 0.2) is 0 Å². The molecule has 2 unspecified atom stereocenters. The van der Waals surface area contributed by atoms with Crippen LogP contribution in [0.5, 0.6) is 0 Å². The monoisotopic (exact) mass is 480 g/mol. The summed E-state index contributed by atoms with van der Waals surface area (Å²) in [4.78, 5) is 42.4. The van der Waals surface area contributed by atoms with Gasteiger partial charge < -0.3 is 10.3 Å². The zero-order valence-electron chi connectivity index (χ0n) is 20.1. The molecule has 2 atom stereocenters. The number of hydrogen-bond acceptors (Lipinski definition) is 4. The minimum absolute atomic E-state index is 0.236. The molecule has 0 radical (unpaired) electrons. The average molecular weight is 481 g/mol. The van der Waals surface area contributed by atoms with Crippen molar-refractivity contribution in [3.8, 4) is 0 Å². The van der Waals surface area contributed by atoms with Gasteiger partial charge in [0.1, 0.15) is 6.04 Å². The number of thiophene rings is 1. The second kappa shape index (κ2) is 9.62. The summed E-state index contributed by atoms with van der Waals surface area (Å²) in [7, 11) is 0. The number of fused-ring (bicyclic) bond motifs is 2. The molecule has 8 heteroatoms. The molecule has 0 aliphatic heterocycles. The number of para-hydroxylation sites is 1. The van der Waals surface area contributed by atoms with E-state index in [-0.39, 0.29) is 17.2 Å². The number of amides is 3. The standard InChI is InChI=1S/C26H32N4O3S/c1-15(31)28-21(12-17-14-27-20-8-6-5-7-19(17)20)24(32)29-30-25(33)23-13-16-11-18(26(2,3)4)9-10-22(16)34-23/h5-8,13-14,18,21,27H,9-12H2,1-4H3,(H,28,31)(H,29,32)(H,30,33). The second-order valence-corrected chi connectivity index (χ2v) is 11.3. The smallest absolute Gasteiger partial charge is 0.279 e. The van der Waals surface area contributed by atoms with Crippen molar-refractivity contribution >= 4 is 40.0 Å². The van der Waals surface area contributed by atoms with E-state index in [1.165, 1.54) is 28.7 Å². The molecule has 3 amide bonds. The van der Waals surface area contributed by atoms with E-state index in [9.17, 15) is 14.4 Å². The topological polar surface area (TPSA) is 103 Å². The number of hydrogen-bond donors (Lipinski definition) is 4. The van der Waals surface area contributed by atoms with Crippen LogP contribution in [0.2, 0.25) is 0 Å². The lowest BCUT2D eigenvalue weighted by atomic mass is 9.72. The number of aryl methyl sites for hydroxylation is 1. The molecule has 7 nitrogen and oxygen atoms in total. The number of nitrogens with one attached hydrogen (secondary N) is 4. The molecule has 0 fully saturated rings. The fourth-order valence-corrected chi connectivity index (χ4v) is 5.72. The van der Waals surface area contributed by atoms with E-state index in [1.54, 1.807) is 0 Å². The molecular weight excluding hydrogens is 448 g/mol. The molecule has 3 aromatic rings. The van der Waals surface area contributed by atoms with Gasteiger partial charge in [-0.1, -0.05) is 39.0 Å². The Balaban J connectivity index is 1.40. The van der Waals surface area contributed by atoms with Gasteiger partial charge in [0, 0.05) is 35.3 Å². The molecule has 4 rings (SSSR count). The van der Waals surface area contributed by atoms with Gasteiger partial charge in [0.05, 0.1) is 4.88 Å². The van der Waals surface area contributed by atoms with Crippen LogP contribution in [0, 0.1) is 11.3 Å². The predicted octanol–water partition coefficient (Wildman–Crippen LogP) is 3.89. The number of H-pyrrole nitrogens is 1. The molecule has 34 heavy (non-hydrogen) atoms. The highest BCUT2D eigenvalue weighted by Gasteiger charge is 2.30. The van der Waals surface area contributed by atoms with Crippen molar-refractivity contribution in [2.24, 2.45) is 11.3 Å². The minimum atomic E-state index is -0.818. The summed E-state index contributed by atoms with van der Waals surface area (Å²) in [5, 5.41) is 3.68. The van der Waals surface area contributed by atoms with Gasteiger partial charge in [0.2, 0.25) is 5.91 Å². The molecular formula is C26H32N4O3S. The van der Waals surface area contributed by atoms with E-state index in [2.05, 4.69) is 41.9 Å². The molecule has 4 N–H and O–H groups in total. The van der Waals surface area contributed by atoms with E-state index < -0.39 is 11.9 Å². The number of carbonyl (C=O) groups is 3. The van der Waals surface area contributed by atoms with Crippen LogP contribution >= 0.6 is 11.3 Å². The van der Waals surface area contributed by atoms with E-state index in [1.807, 2.05) is 36.5 Å².